The molecule has 0 aromatic carbocycles. The van der Waals surface area contributed by atoms with E-state index in [0.29, 0.717) is 0 Å². The fourth-order valence-electron chi connectivity index (χ4n) is 2.10. The lowest BCUT2D eigenvalue weighted by Gasteiger charge is -2.34. The zero-order chi connectivity index (χ0) is 10.0. The second kappa shape index (κ2) is 4.07. The molecule has 1 aliphatic rings. The maximum absolute atomic E-state index is 5.53. The van der Waals surface area contributed by atoms with Gasteiger partial charge in [0.1, 0.15) is 5.76 Å². The van der Waals surface area contributed by atoms with Gasteiger partial charge < -0.3 is 9.73 Å². The summed E-state index contributed by atoms with van der Waals surface area (Å²) < 4.78 is 6.35. The molecule has 78 valence electrons. The minimum Gasteiger partial charge on any atom is -0.454 e. The summed E-state index contributed by atoms with van der Waals surface area (Å²) in [6.07, 6.45) is 4.85. The van der Waals surface area contributed by atoms with Gasteiger partial charge in [-0.25, -0.2) is 0 Å². The fraction of sp³-hybridized carbons (Fsp3) is 0.636. The molecular weight excluding hydrogens is 242 g/mol. The van der Waals surface area contributed by atoms with Gasteiger partial charge in [-0.05, 0) is 54.4 Å². The number of piperidine rings is 1. The van der Waals surface area contributed by atoms with Crippen molar-refractivity contribution in [3.63, 3.8) is 0 Å². The van der Waals surface area contributed by atoms with E-state index in [1.165, 1.54) is 19.3 Å². The van der Waals surface area contributed by atoms with Crippen LogP contribution >= 0.6 is 15.9 Å². The smallest absolute Gasteiger partial charge is 0.169 e. The summed E-state index contributed by atoms with van der Waals surface area (Å²) in [7, 11) is 0. The van der Waals surface area contributed by atoms with Crippen molar-refractivity contribution < 1.29 is 4.42 Å². The summed E-state index contributed by atoms with van der Waals surface area (Å²) in [5, 5.41) is 3.58. The number of furan rings is 1. The highest BCUT2D eigenvalue weighted by molar-refractivity contribution is 9.10. The predicted molar refractivity (Wildman–Crippen MR) is 60.4 cm³/mol. The third-order valence-corrected chi connectivity index (χ3v) is 3.33. The number of hydrogen-bond acceptors (Lipinski definition) is 2. The summed E-state index contributed by atoms with van der Waals surface area (Å²) >= 11 is 3.33. The van der Waals surface area contributed by atoms with Crippen LogP contribution in [-0.4, -0.2) is 12.1 Å². The van der Waals surface area contributed by atoms with Gasteiger partial charge in [0.2, 0.25) is 0 Å². The Morgan fingerprint density at radius 1 is 1.50 bits per heavy atom. The standard InChI is InChI=1S/C11H16BrNO/c1-11(6-2-3-7-13-11)8-9-4-5-10(12)14-9/h4-5,13H,2-3,6-8H2,1H3. The zero-order valence-electron chi connectivity index (χ0n) is 8.48. The minimum absolute atomic E-state index is 0.232. The molecule has 0 spiro atoms. The molecular formula is C11H16BrNO. The van der Waals surface area contributed by atoms with Crippen molar-refractivity contribution in [2.24, 2.45) is 0 Å². The molecule has 0 saturated carbocycles. The van der Waals surface area contributed by atoms with E-state index in [-0.39, 0.29) is 5.54 Å². The van der Waals surface area contributed by atoms with Crippen LogP contribution in [-0.2, 0) is 6.42 Å². The Labute approximate surface area is 93.2 Å². The molecule has 0 radical (unpaired) electrons. The second-order valence-electron chi connectivity index (χ2n) is 4.33. The molecule has 2 rings (SSSR count). The molecule has 1 aliphatic heterocycles. The van der Waals surface area contributed by atoms with Gasteiger partial charge in [-0.1, -0.05) is 6.42 Å². The van der Waals surface area contributed by atoms with Gasteiger partial charge >= 0.3 is 0 Å². The quantitative estimate of drug-likeness (QED) is 0.881. The molecule has 3 heteroatoms. The maximum Gasteiger partial charge on any atom is 0.169 e. The Balaban J connectivity index is 2.01. The first kappa shape index (κ1) is 10.2. The van der Waals surface area contributed by atoms with Crippen molar-refractivity contribution in [3.05, 3.63) is 22.6 Å². The first-order valence-electron chi connectivity index (χ1n) is 5.17. The molecule has 1 aromatic heterocycles. The highest BCUT2D eigenvalue weighted by Gasteiger charge is 2.27. The van der Waals surface area contributed by atoms with Crippen molar-refractivity contribution >= 4 is 15.9 Å². The second-order valence-corrected chi connectivity index (χ2v) is 5.11. The van der Waals surface area contributed by atoms with Crippen LogP contribution in [0.1, 0.15) is 31.9 Å². The third kappa shape index (κ3) is 2.39. The Kier molecular flexibility index (Phi) is 2.98. The number of rotatable bonds is 2. The van der Waals surface area contributed by atoms with E-state index in [2.05, 4.69) is 28.2 Å². The first-order chi connectivity index (χ1) is 6.68. The largest absolute Gasteiger partial charge is 0.454 e. The van der Waals surface area contributed by atoms with Crippen LogP contribution in [0.25, 0.3) is 0 Å². The molecule has 1 saturated heterocycles. The van der Waals surface area contributed by atoms with Crippen LogP contribution in [0.15, 0.2) is 21.2 Å². The molecule has 2 nitrogen and oxygen atoms in total. The maximum atomic E-state index is 5.53. The van der Waals surface area contributed by atoms with E-state index in [9.17, 15) is 0 Å². The molecule has 14 heavy (non-hydrogen) atoms. The van der Waals surface area contributed by atoms with E-state index in [1.807, 2.05) is 12.1 Å². The van der Waals surface area contributed by atoms with Crippen molar-refractivity contribution in [2.75, 3.05) is 6.54 Å². The highest BCUT2D eigenvalue weighted by atomic mass is 79.9. The summed E-state index contributed by atoms with van der Waals surface area (Å²) in [5.74, 6) is 1.06. The van der Waals surface area contributed by atoms with Gasteiger partial charge in [-0.2, -0.15) is 0 Å². The Hall–Kier alpha value is -0.280. The van der Waals surface area contributed by atoms with Crippen LogP contribution < -0.4 is 5.32 Å². The Bertz CT molecular complexity index is 302. The lowest BCUT2D eigenvalue weighted by Crippen LogP contribution is -2.47. The van der Waals surface area contributed by atoms with Gasteiger partial charge in [0, 0.05) is 12.0 Å². The van der Waals surface area contributed by atoms with Crippen LogP contribution in [0, 0.1) is 0 Å². The molecule has 0 aliphatic carbocycles. The molecule has 1 atom stereocenters. The van der Waals surface area contributed by atoms with E-state index in [1.54, 1.807) is 0 Å². The summed E-state index contributed by atoms with van der Waals surface area (Å²) in [6, 6.07) is 4.01. The van der Waals surface area contributed by atoms with Crippen molar-refractivity contribution in [1.82, 2.24) is 5.32 Å². The lowest BCUT2D eigenvalue weighted by atomic mass is 9.87. The van der Waals surface area contributed by atoms with Gasteiger partial charge in [-0.3, -0.25) is 0 Å². The van der Waals surface area contributed by atoms with Crippen molar-refractivity contribution in [3.8, 4) is 0 Å². The van der Waals surface area contributed by atoms with E-state index in [4.69, 9.17) is 4.42 Å². The van der Waals surface area contributed by atoms with Crippen molar-refractivity contribution in [2.45, 2.75) is 38.1 Å². The Morgan fingerprint density at radius 3 is 2.93 bits per heavy atom. The normalized spacial score (nSPS) is 27.9. The topological polar surface area (TPSA) is 25.2 Å². The molecule has 1 N–H and O–H groups in total. The van der Waals surface area contributed by atoms with E-state index < -0.39 is 0 Å². The van der Waals surface area contributed by atoms with E-state index >= 15 is 0 Å². The molecule has 1 aromatic rings. The molecule has 1 unspecified atom stereocenters. The summed E-state index contributed by atoms with van der Waals surface area (Å²) in [6.45, 7) is 3.42. The average Bonchev–Trinajstić information content (AvgIpc) is 2.51. The van der Waals surface area contributed by atoms with Crippen molar-refractivity contribution in [1.29, 1.82) is 0 Å². The molecule has 1 fully saturated rings. The van der Waals surface area contributed by atoms with Crippen LogP contribution in [0.2, 0.25) is 0 Å². The molecule has 0 bridgehead atoms. The summed E-state index contributed by atoms with van der Waals surface area (Å²) in [5.41, 5.74) is 0.232. The molecule has 2 heterocycles. The van der Waals surface area contributed by atoms with Crippen LogP contribution in [0.5, 0.6) is 0 Å². The van der Waals surface area contributed by atoms with Gasteiger partial charge in [0.05, 0.1) is 0 Å². The number of nitrogens with one attached hydrogen (secondary N) is 1. The third-order valence-electron chi connectivity index (χ3n) is 2.90. The van der Waals surface area contributed by atoms with Crippen LogP contribution in [0.4, 0.5) is 0 Å². The highest BCUT2D eigenvalue weighted by Crippen LogP contribution is 2.25. The fourth-order valence-corrected chi connectivity index (χ4v) is 2.44. The molecule has 0 amide bonds. The first-order valence-corrected chi connectivity index (χ1v) is 5.97. The van der Waals surface area contributed by atoms with Crippen LogP contribution in [0.3, 0.4) is 0 Å². The van der Waals surface area contributed by atoms with Gasteiger partial charge in [0.25, 0.3) is 0 Å². The lowest BCUT2D eigenvalue weighted by molar-refractivity contribution is 0.260. The average molecular weight is 258 g/mol. The monoisotopic (exact) mass is 257 g/mol. The number of hydrogen-bond donors (Lipinski definition) is 1. The van der Waals surface area contributed by atoms with Gasteiger partial charge in [0.15, 0.2) is 4.67 Å². The SMILES string of the molecule is CC1(Cc2ccc(Br)o2)CCCCN1. The number of halogens is 1. The predicted octanol–water partition coefficient (Wildman–Crippen LogP) is 3.12. The van der Waals surface area contributed by atoms with Gasteiger partial charge in [-0.15, -0.1) is 0 Å². The zero-order valence-corrected chi connectivity index (χ0v) is 10.1. The Morgan fingerprint density at radius 2 is 2.36 bits per heavy atom. The summed E-state index contributed by atoms with van der Waals surface area (Å²) in [4.78, 5) is 0. The minimum atomic E-state index is 0.232. The van der Waals surface area contributed by atoms with E-state index in [0.717, 1.165) is 23.4 Å².